The predicted octanol–water partition coefficient (Wildman–Crippen LogP) is 3.77. The Kier molecular flexibility index (Phi) is 3.93. The van der Waals surface area contributed by atoms with E-state index < -0.39 is 5.60 Å². The Balaban J connectivity index is 1.84. The molecule has 0 amide bonds. The maximum atomic E-state index is 12.8. The van der Waals surface area contributed by atoms with E-state index in [4.69, 9.17) is 4.74 Å². The number of hydrogen-bond donors (Lipinski definition) is 2. The van der Waals surface area contributed by atoms with E-state index in [1.54, 1.807) is 11.6 Å². The quantitative estimate of drug-likeness (QED) is 0.816. The van der Waals surface area contributed by atoms with Gasteiger partial charge in [0.15, 0.2) is 0 Å². The number of hydrogen-bond acceptors (Lipinski definition) is 4. The van der Waals surface area contributed by atoms with Crippen molar-refractivity contribution in [3.05, 3.63) is 47.5 Å². The lowest BCUT2D eigenvalue weighted by molar-refractivity contribution is 0.00422. The number of benzene rings is 2. The van der Waals surface area contributed by atoms with Crippen LogP contribution in [0.5, 0.6) is 0 Å². The van der Waals surface area contributed by atoms with Crippen molar-refractivity contribution in [1.29, 1.82) is 0 Å². The minimum absolute atomic E-state index is 0.187. The molecule has 25 heavy (non-hydrogen) atoms. The van der Waals surface area contributed by atoms with Crippen LogP contribution in [0.25, 0.3) is 11.1 Å². The monoisotopic (exact) mass is 342 g/mol. The minimum atomic E-state index is -0.868. The van der Waals surface area contributed by atoms with Gasteiger partial charge < -0.3 is 14.7 Å². The molecule has 2 aromatic carbocycles. The van der Waals surface area contributed by atoms with Crippen molar-refractivity contribution in [2.75, 3.05) is 30.2 Å². The first-order valence-electron chi connectivity index (χ1n) is 8.68. The van der Waals surface area contributed by atoms with Gasteiger partial charge in [0.2, 0.25) is 0 Å². The fourth-order valence-corrected chi connectivity index (χ4v) is 4.09. The average molecular weight is 342 g/mol. The van der Waals surface area contributed by atoms with Crippen molar-refractivity contribution in [2.24, 2.45) is 0 Å². The number of nitrogens with one attached hydrogen (secondary N) is 1. The maximum Gasteiger partial charge on any atom is 0.0908 e. The standard InChI is InChI=1S/C20H23FN2O2/c1-13-3-5-15(22-21)10-17(13)14-4-6-18-19(9-14)23-7-8-25-12-16(23)11-20(18,2)24/h3-6,9-10,16,22,24H,7-8,11-12H2,1-2H3. The highest BCUT2D eigenvalue weighted by atomic mass is 19.2. The van der Waals surface area contributed by atoms with Crippen LogP contribution in [-0.2, 0) is 10.3 Å². The summed E-state index contributed by atoms with van der Waals surface area (Å²) in [6, 6.07) is 11.8. The van der Waals surface area contributed by atoms with Crippen LogP contribution in [0.1, 0.15) is 24.5 Å². The summed E-state index contributed by atoms with van der Waals surface area (Å²) < 4.78 is 18.5. The van der Waals surface area contributed by atoms with Crippen molar-refractivity contribution in [3.8, 4) is 11.1 Å². The second-order valence-electron chi connectivity index (χ2n) is 7.26. The topological polar surface area (TPSA) is 44.7 Å². The SMILES string of the molecule is Cc1ccc(NF)cc1-c1ccc2c(c1)N1CCOCC1CC2(C)O. The summed E-state index contributed by atoms with van der Waals surface area (Å²) in [4.78, 5) is 2.34. The van der Waals surface area contributed by atoms with Crippen LogP contribution in [-0.4, -0.2) is 30.9 Å². The number of ether oxygens (including phenoxy) is 1. The van der Waals surface area contributed by atoms with E-state index >= 15 is 0 Å². The summed E-state index contributed by atoms with van der Waals surface area (Å²) in [6.45, 7) is 6.05. The Morgan fingerprint density at radius 1 is 1.28 bits per heavy atom. The molecule has 0 radical (unpaired) electrons. The average Bonchev–Trinajstić information content (AvgIpc) is 2.61. The van der Waals surface area contributed by atoms with E-state index in [1.807, 2.05) is 38.1 Å². The highest BCUT2D eigenvalue weighted by molar-refractivity contribution is 5.76. The van der Waals surface area contributed by atoms with Gasteiger partial charge in [-0.1, -0.05) is 18.2 Å². The molecule has 2 N–H and O–H groups in total. The molecule has 132 valence electrons. The van der Waals surface area contributed by atoms with Crippen molar-refractivity contribution in [3.63, 3.8) is 0 Å². The largest absolute Gasteiger partial charge is 0.385 e. The first-order chi connectivity index (χ1) is 12.0. The van der Waals surface area contributed by atoms with Crippen LogP contribution in [0, 0.1) is 6.92 Å². The molecule has 0 aliphatic carbocycles. The molecule has 2 aliphatic rings. The van der Waals surface area contributed by atoms with E-state index in [9.17, 15) is 9.59 Å². The molecule has 0 bridgehead atoms. The molecule has 2 aromatic rings. The van der Waals surface area contributed by atoms with Gasteiger partial charge in [-0.2, -0.15) is 0 Å². The molecule has 1 fully saturated rings. The van der Waals surface area contributed by atoms with E-state index in [2.05, 4.69) is 11.0 Å². The Bertz CT molecular complexity index is 806. The van der Waals surface area contributed by atoms with Gasteiger partial charge in [-0.05, 0) is 48.7 Å². The van der Waals surface area contributed by atoms with Gasteiger partial charge in [0.1, 0.15) is 0 Å². The lowest BCUT2D eigenvalue weighted by atomic mass is 9.81. The molecular formula is C20H23FN2O2. The first kappa shape index (κ1) is 16.4. The highest BCUT2D eigenvalue weighted by Gasteiger charge is 2.40. The molecule has 2 heterocycles. The van der Waals surface area contributed by atoms with Crippen LogP contribution in [0.2, 0.25) is 0 Å². The molecule has 4 nitrogen and oxygen atoms in total. The third-order valence-electron chi connectivity index (χ3n) is 5.41. The Labute approximate surface area is 147 Å². The lowest BCUT2D eigenvalue weighted by Gasteiger charge is -2.47. The molecule has 2 aliphatic heterocycles. The van der Waals surface area contributed by atoms with Crippen LogP contribution in [0.4, 0.5) is 15.9 Å². The number of rotatable bonds is 2. The van der Waals surface area contributed by atoms with Gasteiger partial charge in [0.25, 0.3) is 0 Å². The molecule has 2 atom stereocenters. The van der Waals surface area contributed by atoms with Gasteiger partial charge in [-0.15, -0.1) is 4.48 Å². The number of aryl methyl sites for hydroxylation is 1. The summed E-state index contributed by atoms with van der Waals surface area (Å²) in [5.74, 6) is 0. The fourth-order valence-electron chi connectivity index (χ4n) is 4.09. The van der Waals surface area contributed by atoms with Gasteiger partial charge in [0, 0.05) is 24.2 Å². The van der Waals surface area contributed by atoms with Crippen LogP contribution >= 0.6 is 0 Å². The molecule has 0 saturated carbocycles. The number of nitrogens with zero attached hydrogens (tertiary/aromatic N) is 1. The number of aliphatic hydroxyl groups is 1. The number of halogens is 1. The molecule has 2 unspecified atom stereocenters. The molecule has 5 heteroatoms. The molecule has 4 rings (SSSR count). The van der Waals surface area contributed by atoms with Gasteiger partial charge in [0.05, 0.1) is 30.5 Å². The molecule has 0 spiro atoms. The summed E-state index contributed by atoms with van der Waals surface area (Å²) >= 11 is 0. The van der Waals surface area contributed by atoms with Crippen LogP contribution in [0.3, 0.4) is 0 Å². The second-order valence-corrected chi connectivity index (χ2v) is 7.26. The van der Waals surface area contributed by atoms with Crippen molar-refractivity contribution >= 4 is 11.4 Å². The predicted molar refractivity (Wildman–Crippen MR) is 97.5 cm³/mol. The van der Waals surface area contributed by atoms with Crippen molar-refractivity contribution < 1.29 is 14.3 Å². The highest BCUT2D eigenvalue weighted by Crippen LogP contribution is 2.44. The molecular weight excluding hydrogens is 319 g/mol. The number of fused-ring (bicyclic) bond motifs is 3. The van der Waals surface area contributed by atoms with Crippen LogP contribution < -0.4 is 10.4 Å². The van der Waals surface area contributed by atoms with E-state index in [1.165, 1.54) is 0 Å². The second kappa shape index (κ2) is 6.00. The van der Waals surface area contributed by atoms with E-state index in [0.717, 1.165) is 34.5 Å². The summed E-state index contributed by atoms with van der Waals surface area (Å²) in [5.41, 5.74) is 6.39. The Morgan fingerprint density at radius 3 is 2.92 bits per heavy atom. The zero-order valence-corrected chi connectivity index (χ0v) is 14.6. The summed E-state index contributed by atoms with van der Waals surface area (Å²) in [7, 11) is 0. The van der Waals surface area contributed by atoms with Crippen LogP contribution in [0.15, 0.2) is 36.4 Å². The molecule has 0 aromatic heterocycles. The van der Waals surface area contributed by atoms with Gasteiger partial charge in [-0.25, -0.2) is 5.54 Å². The van der Waals surface area contributed by atoms with E-state index in [-0.39, 0.29) is 6.04 Å². The first-order valence-corrected chi connectivity index (χ1v) is 8.68. The van der Waals surface area contributed by atoms with Gasteiger partial charge >= 0.3 is 0 Å². The minimum Gasteiger partial charge on any atom is -0.385 e. The van der Waals surface area contributed by atoms with Crippen molar-refractivity contribution in [2.45, 2.75) is 31.9 Å². The third kappa shape index (κ3) is 2.77. The Morgan fingerprint density at radius 2 is 2.12 bits per heavy atom. The van der Waals surface area contributed by atoms with Gasteiger partial charge in [-0.3, -0.25) is 0 Å². The maximum absolute atomic E-state index is 12.8. The fraction of sp³-hybridized carbons (Fsp3) is 0.400. The lowest BCUT2D eigenvalue weighted by Crippen LogP contribution is -2.52. The summed E-state index contributed by atoms with van der Waals surface area (Å²) in [5, 5.41) is 10.9. The van der Waals surface area contributed by atoms with Crippen molar-refractivity contribution in [1.82, 2.24) is 0 Å². The normalized spacial score (nSPS) is 25.3. The third-order valence-corrected chi connectivity index (χ3v) is 5.41. The number of anilines is 2. The zero-order chi connectivity index (χ0) is 17.6. The summed E-state index contributed by atoms with van der Waals surface area (Å²) in [6.07, 6.45) is 0.666. The Hall–Kier alpha value is -2.11. The number of morpholine rings is 1. The van der Waals surface area contributed by atoms with E-state index in [0.29, 0.717) is 25.3 Å². The zero-order valence-electron chi connectivity index (χ0n) is 14.6. The smallest absolute Gasteiger partial charge is 0.0908 e. The molecule has 1 saturated heterocycles.